The first kappa shape index (κ1) is 13.0. The predicted molar refractivity (Wildman–Crippen MR) is 77.3 cm³/mol. The van der Waals surface area contributed by atoms with E-state index in [9.17, 15) is 4.79 Å². The van der Waals surface area contributed by atoms with E-state index in [2.05, 4.69) is 29.6 Å². The monoisotopic (exact) mass is 252 g/mol. The van der Waals surface area contributed by atoms with Crippen molar-refractivity contribution in [2.45, 2.75) is 13.3 Å². The maximum Gasteiger partial charge on any atom is 0.271 e. The van der Waals surface area contributed by atoms with Crippen LogP contribution in [0, 0.1) is 0 Å². The second-order valence-electron chi connectivity index (χ2n) is 4.16. The second-order valence-corrected chi connectivity index (χ2v) is 4.16. The molecule has 0 aliphatic rings. The number of rotatable bonds is 4. The molecule has 0 atom stereocenters. The summed E-state index contributed by atoms with van der Waals surface area (Å²) in [6, 6.07) is 17.1. The summed E-state index contributed by atoms with van der Waals surface area (Å²) in [6.07, 6.45) is 2.66. The van der Waals surface area contributed by atoms with E-state index in [1.807, 2.05) is 30.3 Å². The van der Waals surface area contributed by atoms with Crippen molar-refractivity contribution in [3.8, 4) is 0 Å². The third-order valence-corrected chi connectivity index (χ3v) is 2.80. The molecule has 0 spiro atoms. The molecule has 0 unspecified atom stereocenters. The number of carbonyl (C=O) groups excluding carboxylic acids is 1. The van der Waals surface area contributed by atoms with Gasteiger partial charge in [0.05, 0.1) is 6.21 Å². The summed E-state index contributed by atoms with van der Waals surface area (Å²) in [4.78, 5) is 11.7. The Bertz CT molecular complexity index is 559. The molecule has 2 aromatic rings. The van der Waals surface area contributed by atoms with Gasteiger partial charge in [0.2, 0.25) is 0 Å². The second kappa shape index (κ2) is 6.50. The van der Waals surface area contributed by atoms with Gasteiger partial charge in [0.15, 0.2) is 0 Å². The third kappa shape index (κ3) is 3.78. The van der Waals surface area contributed by atoms with Gasteiger partial charge in [-0.1, -0.05) is 49.4 Å². The molecule has 3 nitrogen and oxygen atoms in total. The van der Waals surface area contributed by atoms with Crippen molar-refractivity contribution >= 4 is 12.1 Å². The number of nitrogens with one attached hydrogen (secondary N) is 1. The molecular weight excluding hydrogens is 236 g/mol. The number of hydrogen-bond donors (Lipinski definition) is 1. The van der Waals surface area contributed by atoms with Gasteiger partial charge in [0, 0.05) is 5.56 Å². The van der Waals surface area contributed by atoms with E-state index < -0.39 is 0 Å². The fourth-order valence-electron chi connectivity index (χ4n) is 1.66. The van der Waals surface area contributed by atoms with E-state index in [-0.39, 0.29) is 5.91 Å². The molecule has 0 aliphatic heterocycles. The van der Waals surface area contributed by atoms with Crippen LogP contribution < -0.4 is 5.43 Å². The van der Waals surface area contributed by atoms with E-state index >= 15 is 0 Å². The van der Waals surface area contributed by atoms with Crippen LogP contribution in [0.15, 0.2) is 59.7 Å². The molecular formula is C16H16N2O. The summed E-state index contributed by atoms with van der Waals surface area (Å²) in [5, 5.41) is 3.95. The van der Waals surface area contributed by atoms with Gasteiger partial charge in [-0.15, -0.1) is 0 Å². The van der Waals surface area contributed by atoms with Crippen molar-refractivity contribution in [1.29, 1.82) is 0 Å². The summed E-state index contributed by atoms with van der Waals surface area (Å²) in [5.41, 5.74) is 5.35. The summed E-state index contributed by atoms with van der Waals surface area (Å²) in [5.74, 6) is -0.206. The van der Waals surface area contributed by atoms with Gasteiger partial charge in [-0.05, 0) is 29.7 Å². The molecule has 19 heavy (non-hydrogen) atoms. The van der Waals surface area contributed by atoms with Crippen molar-refractivity contribution in [1.82, 2.24) is 5.43 Å². The molecule has 1 N–H and O–H groups in total. The van der Waals surface area contributed by atoms with Crippen molar-refractivity contribution in [2.24, 2.45) is 5.10 Å². The topological polar surface area (TPSA) is 41.5 Å². The highest BCUT2D eigenvalue weighted by molar-refractivity contribution is 5.94. The number of benzene rings is 2. The number of carbonyl (C=O) groups is 1. The number of hydrogen-bond acceptors (Lipinski definition) is 2. The van der Waals surface area contributed by atoms with Crippen LogP contribution in [0.3, 0.4) is 0 Å². The highest BCUT2D eigenvalue weighted by Crippen LogP contribution is 2.03. The molecule has 2 rings (SSSR count). The number of hydrazone groups is 1. The number of aryl methyl sites for hydroxylation is 1. The molecule has 0 saturated heterocycles. The van der Waals surface area contributed by atoms with Crippen LogP contribution in [-0.2, 0) is 6.42 Å². The minimum atomic E-state index is -0.206. The summed E-state index contributed by atoms with van der Waals surface area (Å²) in [6.45, 7) is 2.11. The molecule has 0 aliphatic carbocycles. The Morgan fingerprint density at radius 3 is 2.42 bits per heavy atom. The number of amides is 1. The first-order valence-electron chi connectivity index (χ1n) is 6.27. The minimum Gasteiger partial charge on any atom is -0.267 e. The van der Waals surface area contributed by atoms with Crippen molar-refractivity contribution in [3.63, 3.8) is 0 Å². The van der Waals surface area contributed by atoms with Crippen LogP contribution in [0.2, 0.25) is 0 Å². The molecule has 0 fully saturated rings. The lowest BCUT2D eigenvalue weighted by Crippen LogP contribution is -2.17. The Kier molecular flexibility index (Phi) is 4.45. The average molecular weight is 252 g/mol. The Morgan fingerprint density at radius 1 is 1.11 bits per heavy atom. The quantitative estimate of drug-likeness (QED) is 0.659. The van der Waals surface area contributed by atoms with Crippen LogP contribution in [0.1, 0.15) is 28.4 Å². The lowest BCUT2D eigenvalue weighted by molar-refractivity contribution is 0.0955. The van der Waals surface area contributed by atoms with E-state index in [0.29, 0.717) is 5.56 Å². The maximum atomic E-state index is 11.7. The van der Waals surface area contributed by atoms with Gasteiger partial charge in [0.1, 0.15) is 0 Å². The summed E-state index contributed by atoms with van der Waals surface area (Å²) in [7, 11) is 0. The predicted octanol–water partition coefficient (Wildman–Crippen LogP) is 3.01. The Hall–Kier alpha value is -2.42. The fraction of sp³-hybridized carbons (Fsp3) is 0.125. The summed E-state index contributed by atoms with van der Waals surface area (Å²) < 4.78 is 0. The first-order valence-corrected chi connectivity index (χ1v) is 6.27. The molecule has 0 bridgehead atoms. The van der Waals surface area contributed by atoms with E-state index in [0.717, 1.165) is 12.0 Å². The minimum absolute atomic E-state index is 0.206. The highest BCUT2D eigenvalue weighted by Gasteiger charge is 2.01. The molecule has 0 radical (unpaired) electrons. The molecule has 96 valence electrons. The van der Waals surface area contributed by atoms with Gasteiger partial charge in [0.25, 0.3) is 5.91 Å². The zero-order valence-corrected chi connectivity index (χ0v) is 10.8. The van der Waals surface area contributed by atoms with Gasteiger partial charge >= 0.3 is 0 Å². The van der Waals surface area contributed by atoms with Crippen LogP contribution in [0.4, 0.5) is 0 Å². The standard InChI is InChI=1S/C16H16N2O/c1-2-13-8-10-14(11-9-13)12-17-18-16(19)15-6-4-3-5-7-15/h3-12H,2H2,1H3,(H,18,19). The zero-order valence-electron chi connectivity index (χ0n) is 10.8. The van der Waals surface area contributed by atoms with Crippen LogP contribution in [0.25, 0.3) is 0 Å². The Balaban J connectivity index is 1.94. The number of nitrogens with zero attached hydrogens (tertiary/aromatic N) is 1. The van der Waals surface area contributed by atoms with E-state index in [1.165, 1.54) is 5.56 Å². The largest absolute Gasteiger partial charge is 0.271 e. The Labute approximate surface area is 113 Å². The smallest absolute Gasteiger partial charge is 0.267 e. The lowest BCUT2D eigenvalue weighted by atomic mass is 10.1. The molecule has 3 heteroatoms. The molecule has 0 saturated carbocycles. The van der Waals surface area contributed by atoms with Gasteiger partial charge in [-0.25, -0.2) is 5.43 Å². The highest BCUT2D eigenvalue weighted by atomic mass is 16.2. The first-order chi connectivity index (χ1) is 9.29. The molecule has 0 aromatic heterocycles. The molecule has 1 amide bonds. The van der Waals surface area contributed by atoms with Crippen LogP contribution in [-0.4, -0.2) is 12.1 Å². The van der Waals surface area contributed by atoms with Crippen molar-refractivity contribution in [2.75, 3.05) is 0 Å². The molecule has 2 aromatic carbocycles. The third-order valence-electron chi connectivity index (χ3n) is 2.80. The lowest BCUT2D eigenvalue weighted by Gasteiger charge is -1.99. The average Bonchev–Trinajstić information content (AvgIpc) is 2.49. The summed E-state index contributed by atoms with van der Waals surface area (Å²) >= 11 is 0. The van der Waals surface area contributed by atoms with E-state index in [1.54, 1.807) is 18.3 Å². The maximum absolute atomic E-state index is 11.7. The van der Waals surface area contributed by atoms with Crippen LogP contribution in [0.5, 0.6) is 0 Å². The zero-order chi connectivity index (χ0) is 13.5. The normalized spacial score (nSPS) is 10.6. The van der Waals surface area contributed by atoms with Gasteiger partial charge in [-0.2, -0.15) is 5.10 Å². The van der Waals surface area contributed by atoms with Crippen LogP contribution >= 0.6 is 0 Å². The van der Waals surface area contributed by atoms with E-state index in [4.69, 9.17) is 0 Å². The molecule has 0 heterocycles. The van der Waals surface area contributed by atoms with Gasteiger partial charge < -0.3 is 0 Å². The van der Waals surface area contributed by atoms with Crippen molar-refractivity contribution in [3.05, 3.63) is 71.3 Å². The Morgan fingerprint density at radius 2 is 1.79 bits per heavy atom. The van der Waals surface area contributed by atoms with Gasteiger partial charge in [-0.3, -0.25) is 4.79 Å². The SMILES string of the molecule is CCc1ccc(C=NNC(=O)c2ccccc2)cc1. The van der Waals surface area contributed by atoms with Crippen molar-refractivity contribution < 1.29 is 4.79 Å². The fourth-order valence-corrected chi connectivity index (χ4v) is 1.66.